The van der Waals surface area contributed by atoms with Gasteiger partial charge in [0.15, 0.2) is 0 Å². The van der Waals surface area contributed by atoms with Gasteiger partial charge in [0, 0.05) is 24.7 Å². The normalized spacial score (nSPS) is 21.9. The van der Waals surface area contributed by atoms with Gasteiger partial charge in [0.05, 0.1) is 4.90 Å². The third-order valence-electron chi connectivity index (χ3n) is 5.14. The molecule has 0 aromatic heterocycles. The van der Waals surface area contributed by atoms with E-state index in [1.165, 1.54) is 0 Å². The Hall–Kier alpha value is -1.93. The minimum atomic E-state index is -3.60. The Bertz CT molecular complexity index is 827. The van der Waals surface area contributed by atoms with Crippen molar-refractivity contribution < 1.29 is 13.2 Å². The van der Waals surface area contributed by atoms with Gasteiger partial charge in [-0.1, -0.05) is 26.0 Å². The summed E-state index contributed by atoms with van der Waals surface area (Å²) in [5, 5.41) is 3.26. The predicted octanol–water partition coefficient (Wildman–Crippen LogP) is 1.35. The number of aliphatic imine (C=N–C) groups is 1. The maximum absolute atomic E-state index is 13.1. The van der Waals surface area contributed by atoms with Crippen molar-refractivity contribution in [2.75, 3.05) is 20.1 Å². The fourth-order valence-corrected chi connectivity index (χ4v) is 4.88. The van der Waals surface area contributed by atoms with Crippen LogP contribution in [-0.2, 0) is 14.8 Å². The van der Waals surface area contributed by atoms with Gasteiger partial charge >= 0.3 is 0 Å². The zero-order valence-electron chi connectivity index (χ0n) is 16.1. The minimum Gasteiger partial charge on any atom is -0.341 e. The first-order chi connectivity index (χ1) is 12.8. The van der Waals surface area contributed by atoms with E-state index in [1.807, 2.05) is 25.8 Å². The van der Waals surface area contributed by atoms with Crippen molar-refractivity contribution in [1.82, 2.24) is 14.9 Å². The molecule has 27 heavy (non-hydrogen) atoms. The molecule has 1 amide bonds. The lowest BCUT2D eigenvalue weighted by molar-refractivity contribution is -0.134. The maximum Gasteiger partial charge on any atom is 0.263 e. The van der Waals surface area contributed by atoms with Crippen LogP contribution in [0.25, 0.3) is 0 Å². The molecule has 0 aliphatic carbocycles. The smallest absolute Gasteiger partial charge is 0.263 e. The highest BCUT2D eigenvalue weighted by atomic mass is 32.2. The molecule has 2 aliphatic heterocycles. The number of amidine groups is 1. The highest BCUT2D eigenvalue weighted by Crippen LogP contribution is 2.24. The van der Waals surface area contributed by atoms with Crippen molar-refractivity contribution >= 4 is 21.8 Å². The molecule has 3 rings (SSSR count). The number of likely N-dealkylation sites (tertiary alicyclic amines) is 1. The number of fused-ring (bicyclic) bond motifs is 1. The van der Waals surface area contributed by atoms with E-state index in [1.54, 1.807) is 24.3 Å². The number of nitrogens with one attached hydrogen (secondary N) is 2. The van der Waals surface area contributed by atoms with Crippen molar-refractivity contribution in [3.8, 4) is 0 Å². The van der Waals surface area contributed by atoms with E-state index in [9.17, 15) is 13.2 Å². The van der Waals surface area contributed by atoms with E-state index < -0.39 is 16.1 Å². The first-order valence-electron chi connectivity index (χ1n) is 9.48. The van der Waals surface area contributed by atoms with Crippen molar-refractivity contribution in [3.63, 3.8) is 0 Å². The summed E-state index contributed by atoms with van der Waals surface area (Å²) < 4.78 is 27.1. The molecule has 8 heteroatoms. The summed E-state index contributed by atoms with van der Waals surface area (Å²) in [5.74, 6) is 0.524. The maximum atomic E-state index is 13.1. The second-order valence-electron chi connectivity index (χ2n) is 7.61. The Morgan fingerprint density at radius 2 is 1.96 bits per heavy atom. The summed E-state index contributed by atoms with van der Waals surface area (Å²) in [4.78, 5) is 19.8. The van der Waals surface area contributed by atoms with E-state index in [0.29, 0.717) is 31.1 Å². The lowest BCUT2D eigenvalue weighted by atomic mass is 10.00. The van der Waals surface area contributed by atoms with Crippen molar-refractivity contribution in [2.24, 2.45) is 10.9 Å². The summed E-state index contributed by atoms with van der Waals surface area (Å²) >= 11 is 0. The van der Waals surface area contributed by atoms with Crippen LogP contribution in [0.1, 0.15) is 38.7 Å². The molecule has 1 fully saturated rings. The number of hydrogen-bond donors (Lipinski definition) is 2. The van der Waals surface area contributed by atoms with Gasteiger partial charge in [-0.15, -0.1) is 0 Å². The van der Waals surface area contributed by atoms with E-state index in [0.717, 1.165) is 12.8 Å². The van der Waals surface area contributed by atoms with Crippen LogP contribution in [0.2, 0.25) is 0 Å². The molecule has 2 heterocycles. The van der Waals surface area contributed by atoms with E-state index >= 15 is 0 Å². The van der Waals surface area contributed by atoms with Gasteiger partial charge in [-0.25, -0.2) is 8.42 Å². The highest BCUT2D eigenvalue weighted by Gasteiger charge is 2.33. The summed E-state index contributed by atoms with van der Waals surface area (Å²) in [6.45, 7) is 5.49. The molecule has 1 aromatic rings. The quantitative estimate of drug-likeness (QED) is 0.791. The van der Waals surface area contributed by atoms with Crippen LogP contribution >= 0.6 is 0 Å². The van der Waals surface area contributed by atoms with Crippen molar-refractivity contribution in [1.29, 1.82) is 0 Å². The van der Waals surface area contributed by atoms with E-state index in [2.05, 4.69) is 15.0 Å². The monoisotopic (exact) mass is 392 g/mol. The number of benzene rings is 1. The van der Waals surface area contributed by atoms with Gasteiger partial charge in [-0.2, -0.15) is 0 Å². The minimum absolute atomic E-state index is 0.0191. The number of piperidine rings is 1. The first-order valence-corrected chi connectivity index (χ1v) is 11.0. The zero-order chi connectivity index (χ0) is 19.6. The average molecular weight is 393 g/mol. The fourth-order valence-electron chi connectivity index (χ4n) is 3.64. The van der Waals surface area contributed by atoms with Crippen molar-refractivity contribution in [2.45, 2.75) is 50.1 Å². The number of nitrogens with zero attached hydrogens (tertiary/aromatic N) is 2. The van der Waals surface area contributed by atoms with Gasteiger partial charge in [0.2, 0.25) is 5.91 Å². The molecule has 148 valence electrons. The van der Waals surface area contributed by atoms with Gasteiger partial charge in [0.25, 0.3) is 10.0 Å². The van der Waals surface area contributed by atoms with Crippen LogP contribution in [0.15, 0.2) is 34.2 Å². The molecule has 1 atom stereocenters. The number of rotatable bonds is 5. The van der Waals surface area contributed by atoms with Crippen LogP contribution < -0.4 is 10.0 Å². The largest absolute Gasteiger partial charge is 0.341 e. The fraction of sp³-hybridized carbons (Fsp3) is 0.579. The molecule has 2 aliphatic rings. The molecule has 1 saturated heterocycles. The second kappa shape index (κ2) is 7.98. The molecule has 0 spiro atoms. The third-order valence-corrected chi connectivity index (χ3v) is 6.54. The van der Waals surface area contributed by atoms with Gasteiger partial charge in [-0.05, 0) is 44.4 Å². The van der Waals surface area contributed by atoms with E-state index in [-0.39, 0.29) is 22.6 Å². The van der Waals surface area contributed by atoms with Crippen LogP contribution in [0, 0.1) is 5.92 Å². The molecule has 0 saturated carbocycles. The Morgan fingerprint density at radius 3 is 2.59 bits per heavy atom. The van der Waals surface area contributed by atoms with E-state index in [4.69, 9.17) is 0 Å². The van der Waals surface area contributed by atoms with Gasteiger partial charge < -0.3 is 10.2 Å². The standard InChI is InChI=1S/C19H28N4O3S/c1-13(2)12-16(19(24)23-10-8-14(20-3)9-11-23)21-18-15-6-4-5-7-17(15)27(25,26)22-18/h4-7,13-14,16,20H,8-12H2,1-3H3,(H,21,22). The lowest BCUT2D eigenvalue weighted by Gasteiger charge is -2.33. The predicted molar refractivity (Wildman–Crippen MR) is 105 cm³/mol. The molecule has 0 radical (unpaired) electrons. The molecular formula is C19H28N4O3S. The molecule has 0 bridgehead atoms. The number of carbonyl (C=O) groups excluding carboxylic acids is 1. The molecule has 7 nitrogen and oxygen atoms in total. The lowest BCUT2D eigenvalue weighted by Crippen LogP contribution is -2.47. The van der Waals surface area contributed by atoms with Crippen LogP contribution in [0.4, 0.5) is 0 Å². The Kier molecular flexibility index (Phi) is 5.86. The Balaban J connectivity index is 1.86. The highest BCUT2D eigenvalue weighted by molar-refractivity contribution is 7.90. The van der Waals surface area contributed by atoms with Crippen LogP contribution in [-0.4, -0.2) is 57.3 Å². The first kappa shape index (κ1) is 19.8. The average Bonchev–Trinajstić information content (AvgIpc) is 2.91. The molecular weight excluding hydrogens is 364 g/mol. The van der Waals surface area contributed by atoms with Crippen molar-refractivity contribution in [3.05, 3.63) is 29.8 Å². The Labute approximate surface area is 161 Å². The summed E-state index contributed by atoms with van der Waals surface area (Å²) in [5.41, 5.74) is 0.535. The molecule has 1 unspecified atom stereocenters. The summed E-state index contributed by atoms with van der Waals surface area (Å²) in [7, 11) is -1.66. The summed E-state index contributed by atoms with van der Waals surface area (Å²) in [6.07, 6.45) is 2.42. The number of carbonyl (C=O) groups is 1. The SMILES string of the molecule is CNC1CCN(C(=O)C(CC(C)C)N=C2NS(=O)(=O)c3ccccc32)CC1. The number of sulfonamides is 1. The summed E-state index contributed by atoms with van der Waals surface area (Å²) in [6, 6.07) is 6.60. The third kappa shape index (κ3) is 4.32. The number of amides is 1. The number of hydrogen-bond acceptors (Lipinski definition) is 5. The Morgan fingerprint density at radius 1 is 1.30 bits per heavy atom. The molecule has 1 aromatic carbocycles. The van der Waals surface area contributed by atoms with Gasteiger partial charge in [-0.3, -0.25) is 14.5 Å². The second-order valence-corrected chi connectivity index (χ2v) is 9.26. The van der Waals surface area contributed by atoms with Crippen LogP contribution in [0.5, 0.6) is 0 Å². The zero-order valence-corrected chi connectivity index (χ0v) is 16.9. The topological polar surface area (TPSA) is 90.9 Å². The van der Waals surface area contributed by atoms with Crippen LogP contribution in [0.3, 0.4) is 0 Å². The van der Waals surface area contributed by atoms with Gasteiger partial charge in [0.1, 0.15) is 11.9 Å². The molecule has 2 N–H and O–H groups in total.